The number of hydrogen-bond donors (Lipinski definition) is 1. The Kier molecular flexibility index (Phi) is 9.50. The first kappa shape index (κ1) is 25.9. The monoisotopic (exact) mass is 548 g/mol. The number of carbonyl (C=O) groups excluding carboxylic acids is 1. The number of para-hydroxylation sites is 1. The quantitative estimate of drug-likeness (QED) is 0.476. The number of aliphatic imine (C=N–C) groups is 1. The maximum atomic E-state index is 12.8. The van der Waals surface area contributed by atoms with Gasteiger partial charge in [-0.2, -0.15) is 0 Å². The number of likely N-dealkylation sites (tertiary alicyclic amines) is 1. The van der Waals surface area contributed by atoms with E-state index < -0.39 is 0 Å². The van der Waals surface area contributed by atoms with Crippen LogP contribution in [0.4, 0.5) is 0 Å². The Labute approximate surface area is 222 Å². The molecule has 0 bridgehead atoms. The van der Waals surface area contributed by atoms with Crippen molar-refractivity contribution in [3.8, 4) is 5.75 Å². The molecule has 6 nitrogen and oxygen atoms in total. The highest BCUT2D eigenvalue weighted by Crippen LogP contribution is 2.29. The van der Waals surface area contributed by atoms with Gasteiger partial charge in [-0.25, -0.2) is 0 Å². The molecule has 1 fully saturated rings. The summed E-state index contributed by atoms with van der Waals surface area (Å²) < 4.78 is 6.71. The van der Waals surface area contributed by atoms with E-state index in [9.17, 15) is 4.79 Å². The zero-order valence-electron chi connectivity index (χ0n) is 20.7. The number of pyridine rings is 1. The van der Waals surface area contributed by atoms with E-state index in [4.69, 9.17) is 4.74 Å². The van der Waals surface area contributed by atoms with Gasteiger partial charge in [-0.1, -0.05) is 30.3 Å². The van der Waals surface area contributed by atoms with Crippen molar-refractivity contribution in [2.75, 3.05) is 26.2 Å². The second-order valence-electron chi connectivity index (χ2n) is 9.10. The van der Waals surface area contributed by atoms with E-state index >= 15 is 0 Å². The lowest BCUT2D eigenvalue weighted by Gasteiger charge is -2.33. The molecule has 2 aliphatic rings. The topological polar surface area (TPSA) is 66.8 Å². The lowest BCUT2D eigenvalue weighted by molar-refractivity contribution is -0.132. The number of nitrogens with zero attached hydrogens (tertiary/aromatic N) is 3. The maximum Gasteiger partial charge on any atom is 0.225 e. The Hall–Kier alpha value is -3.19. The molecule has 1 N–H and O–H groups in total. The molecule has 0 saturated carbocycles. The van der Waals surface area contributed by atoms with E-state index in [2.05, 4.69) is 56.4 Å². The van der Waals surface area contributed by atoms with Crippen molar-refractivity contribution >= 4 is 28.1 Å². The first-order valence-electron chi connectivity index (χ1n) is 12.5. The molecule has 1 saturated heterocycles. The van der Waals surface area contributed by atoms with Gasteiger partial charge in [0.15, 0.2) is 0 Å². The lowest BCUT2D eigenvalue weighted by Crippen LogP contribution is -2.39. The van der Waals surface area contributed by atoms with Crippen LogP contribution in [-0.2, 0) is 11.3 Å². The molecule has 188 valence electrons. The number of amides is 1. The number of nitrogens with one attached hydrogen (secondary N) is 1. The van der Waals surface area contributed by atoms with Crippen LogP contribution in [0.3, 0.4) is 0 Å². The molecule has 0 spiro atoms. The van der Waals surface area contributed by atoms with Gasteiger partial charge >= 0.3 is 0 Å². The van der Waals surface area contributed by atoms with Crippen molar-refractivity contribution < 1.29 is 9.53 Å². The Morgan fingerprint density at radius 2 is 1.94 bits per heavy atom. The predicted octanol–water partition coefficient (Wildman–Crippen LogP) is 5.44. The zero-order chi connectivity index (χ0) is 25.2. The summed E-state index contributed by atoms with van der Waals surface area (Å²) in [6.45, 7) is 5.31. The number of halogens is 1. The highest BCUT2D eigenvalue weighted by molar-refractivity contribution is 9.12. The Balaban J connectivity index is 1.36. The van der Waals surface area contributed by atoms with Gasteiger partial charge < -0.3 is 15.0 Å². The standard InChI is InChI=1S/C29H33BrN4O2/c1-22-16-25(17-26(20-32-21-28(22)30)33-19-23-6-5-12-31-18-23)24-9-13-34(14-10-24)29(35)11-15-36-27-7-3-2-4-8-27/h2-8,12,16-18,21,24,33H,9-11,13-15,19-20H2,1H3/b25-16+,26-17-,28-22-,32-21?. The van der Waals surface area contributed by atoms with Crippen LogP contribution in [0.25, 0.3) is 0 Å². The van der Waals surface area contributed by atoms with Crippen LogP contribution in [0, 0.1) is 5.92 Å². The molecular weight excluding hydrogens is 516 g/mol. The largest absolute Gasteiger partial charge is 0.493 e. The molecule has 0 aliphatic carbocycles. The number of carbonyl (C=O) groups is 1. The van der Waals surface area contributed by atoms with Crippen LogP contribution in [-0.4, -0.2) is 48.2 Å². The molecule has 7 heteroatoms. The fraction of sp³-hybridized carbons (Fsp3) is 0.345. The summed E-state index contributed by atoms with van der Waals surface area (Å²) in [6, 6.07) is 13.7. The summed E-state index contributed by atoms with van der Waals surface area (Å²) in [5, 5.41) is 3.55. The fourth-order valence-electron chi connectivity index (χ4n) is 4.39. The third-order valence-electron chi connectivity index (χ3n) is 6.46. The molecule has 36 heavy (non-hydrogen) atoms. The van der Waals surface area contributed by atoms with Crippen LogP contribution in [0.5, 0.6) is 5.75 Å². The first-order chi connectivity index (χ1) is 17.6. The lowest BCUT2D eigenvalue weighted by atomic mass is 9.87. The highest BCUT2D eigenvalue weighted by Gasteiger charge is 2.25. The normalized spacial score (nSPS) is 21.9. The van der Waals surface area contributed by atoms with Crippen LogP contribution in [0.15, 0.2) is 93.3 Å². The minimum Gasteiger partial charge on any atom is -0.493 e. The van der Waals surface area contributed by atoms with E-state index in [1.807, 2.05) is 53.7 Å². The van der Waals surface area contributed by atoms with Gasteiger partial charge in [0.05, 0.1) is 19.6 Å². The summed E-state index contributed by atoms with van der Waals surface area (Å²) in [5.41, 5.74) is 4.64. The van der Waals surface area contributed by atoms with Gasteiger partial charge in [0, 0.05) is 48.4 Å². The molecule has 1 aromatic carbocycles. The molecule has 1 amide bonds. The molecule has 4 rings (SSSR count). The second-order valence-corrected chi connectivity index (χ2v) is 9.95. The third-order valence-corrected chi connectivity index (χ3v) is 7.29. The summed E-state index contributed by atoms with van der Waals surface area (Å²) in [5.74, 6) is 1.35. The number of aromatic nitrogens is 1. The predicted molar refractivity (Wildman–Crippen MR) is 148 cm³/mol. The van der Waals surface area contributed by atoms with Crippen LogP contribution >= 0.6 is 15.9 Å². The molecule has 0 atom stereocenters. The number of hydrogen-bond acceptors (Lipinski definition) is 5. The van der Waals surface area contributed by atoms with Crippen LogP contribution in [0.1, 0.15) is 31.7 Å². The number of benzene rings is 1. The van der Waals surface area contributed by atoms with Gasteiger partial charge in [0.25, 0.3) is 0 Å². The first-order valence-corrected chi connectivity index (χ1v) is 13.2. The molecule has 0 unspecified atom stereocenters. The summed E-state index contributed by atoms with van der Waals surface area (Å²) >= 11 is 3.66. The Bertz CT molecular complexity index is 1130. The fourth-order valence-corrected chi connectivity index (χ4v) is 4.65. The van der Waals surface area contributed by atoms with Crippen LogP contribution < -0.4 is 10.1 Å². The average molecular weight is 550 g/mol. The van der Waals surface area contributed by atoms with Crippen molar-refractivity contribution in [1.82, 2.24) is 15.2 Å². The molecule has 3 heterocycles. The number of rotatable bonds is 8. The third kappa shape index (κ3) is 7.65. The summed E-state index contributed by atoms with van der Waals surface area (Å²) in [6.07, 6.45) is 12.3. The van der Waals surface area contributed by atoms with Gasteiger partial charge in [0.2, 0.25) is 5.91 Å². The van der Waals surface area contributed by atoms with Gasteiger partial charge in [-0.3, -0.25) is 14.8 Å². The smallest absolute Gasteiger partial charge is 0.225 e. The molecule has 0 radical (unpaired) electrons. The minimum absolute atomic E-state index is 0.161. The molecule has 1 aromatic heterocycles. The SMILES string of the molecule is CC1=C(/Br)C=NC/C(NCc2cccnc2)=C/C(C2CCN(C(=O)CCOc3ccccc3)CC2)=C\1. The van der Waals surface area contributed by atoms with Gasteiger partial charge in [-0.05, 0) is 82.6 Å². The van der Waals surface area contributed by atoms with Crippen molar-refractivity contribution in [2.24, 2.45) is 10.9 Å². The maximum absolute atomic E-state index is 12.8. The zero-order valence-corrected chi connectivity index (χ0v) is 22.3. The van der Waals surface area contributed by atoms with Crippen molar-refractivity contribution in [1.29, 1.82) is 0 Å². The summed E-state index contributed by atoms with van der Waals surface area (Å²) in [7, 11) is 0. The number of ether oxygens (including phenoxy) is 1. The second kappa shape index (κ2) is 13.2. The van der Waals surface area contributed by atoms with Gasteiger partial charge in [0.1, 0.15) is 5.75 Å². The van der Waals surface area contributed by atoms with E-state index in [0.29, 0.717) is 32.0 Å². The Morgan fingerprint density at radius 1 is 1.14 bits per heavy atom. The number of piperidine rings is 1. The van der Waals surface area contributed by atoms with Gasteiger partial charge in [-0.15, -0.1) is 0 Å². The number of allylic oxidation sites excluding steroid dienone is 5. The van der Waals surface area contributed by atoms with E-state index in [-0.39, 0.29) is 5.91 Å². The van der Waals surface area contributed by atoms with Crippen LogP contribution in [0.2, 0.25) is 0 Å². The minimum atomic E-state index is 0.161. The molecular formula is C29H33BrN4O2. The van der Waals surface area contributed by atoms with E-state index in [1.54, 1.807) is 6.20 Å². The van der Waals surface area contributed by atoms with Crippen molar-refractivity contribution in [2.45, 2.75) is 32.7 Å². The average Bonchev–Trinajstić information content (AvgIpc) is 2.98. The van der Waals surface area contributed by atoms with E-state index in [0.717, 1.165) is 53.0 Å². The Morgan fingerprint density at radius 3 is 2.69 bits per heavy atom. The van der Waals surface area contributed by atoms with Crippen molar-refractivity contribution in [3.05, 3.63) is 93.9 Å². The molecule has 2 aromatic rings. The molecule has 2 aliphatic heterocycles. The summed E-state index contributed by atoms with van der Waals surface area (Å²) in [4.78, 5) is 23.6. The van der Waals surface area contributed by atoms with E-state index in [1.165, 1.54) is 5.57 Å². The highest BCUT2D eigenvalue weighted by atomic mass is 79.9. The van der Waals surface area contributed by atoms with Crippen molar-refractivity contribution in [3.63, 3.8) is 0 Å².